The van der Waals surface area contributed by atoms with Gasteiger partial charge in [0.15, 0.2) is 5.75 Å². The average Bonchev–Trinajstić information content (AvgIpc) is 2.54. The van der Waals surface area contributed by atoms with E-state index in [2.05, 4.69) is 0 Å². The molecule has 1 aromatic heterocycles. The van der Waals surface area contributed by atoms with E-state index in [-0.39, 0.29) is 16.4 Å². The molecule has 1 amide bonds. The van der Waals surface area contributed by atoms with Crippen molar-refractivity contribution in [3.05, 3.63) is 74.6 Å². The first-order valence-corrected chi connectivity index (χ1v) is 7.60. The van der Waals surface area contributed by atoms with E-state index in [0.29, 0.717) is 17.4 Å². The first-order chi connectivity index (χ1) is 11.5. The Morgan fingerprint density at radius 3 is 2.62 bits per heavy atom. The molecule has 5 nitrogen and oxygen atoms in total. The third kappa shape index (κ3) is 3.12. The highest BCUT2D eigenvalue weighted by Crippen LogP contribution is 2.32. The summed E-state index contributed by atoms with van der Waals surface area (Å²) in [5.41, 5.74) is 7.19. The van der Waals surface area contributed by atoms with Crippen LogP contribution in [0, 0.1) is 6.92 Å². The number of carbonyl (C=O) groups is 1. The summed E-state index contributed by atoms with van der Waals surface area (Å²) in [6.45, 7) is 1.84. The molecule has 0 spiro atoms. The highest BCUT2D eigenvalue weighted by Gasteiger charge is 2.15. The van der Waals surface area contributed by atoms with Crippen molar-refractivity contribution in [2.24, 2.45) is 5.73 Å². The first-order valence-electron chi connectivity index (χ1n) is 7.22. The minimum Gasteiger partial charge on any atom is -0.422 e. The third-order valence-corrected chi connectivity index (χ3v) is 4.07. The lowest BCUT2D eigenvalue weighted by molar-refractivity contribution is 0.211. The Hall–Kier alpha value is -2.79. The van der Waals surface area contributed by atoms with E-state index in [1.807, 2.05) is 37.3 Å². The monoisotopic (exact) mass is 343 g/mol. The number of hydrogen-bond acceptors (Lipinski definition) is 4. The van der Waals surface area contributed by atoms with Crippen LogP contribution in [0.4, 0.5) is 4.79 Å². The molecular weight excluding hydrogens is 330 g/mol. The van der Waals surface area contributed by atoms with Crippen molar-refractivity contribution in [2.75, 3.05) is 0 Å². The molecule has 0 fully saturated rings. The van der Waals surface area contributed by atoms with Crippen LogP contribution in [0.5, 0.6) is 5.75 Å². The van der Waals surface area contributed by atoms with Gasteiger partial charge in [0.05, 0.1) is 5.02 Å². The van der Waals surface area contributed by atoms with Crippen molar-refractivity contribution >= 4 is 28.7 Å². The van der Waals surface area contributed by atoms with Crippen LogP contribution in [-0.4, -0.2) is 6.09 Å². The number of nitrogens with two attached hydrogens (primary N) is 1. The summed E-state index contributed by atoms with van der Waals surface area (Å²) >= 11 is 6.12. The summed E-state index contributed by atoms with van der Waals surface area (Å²) in [6, 6.07) is 12.6. The minimum atomic E-state index is -0.990. The standard InChI is InChI=1S/C18H14ClNO4/c1-10-12-8-14(19)16(24-18(20)22)9-15(12)23-17(21)13(10)7-11-5-3-2-4-6-11/h2-6,8-9H,7H2,1H3,(H2,20,22). The van der Waals surface area contributed by atoms with Crippen LogP contribution in [-0.2, 0) is 6.42 Å². The predicted octanol–water partition coefficient (Wildman–Crippen LogP) is 3.80. The number of amides is 1. The molecule has 0 saturated heterocycles. The van der Waals surface area contributed by atoms with E-state index in [1.165, 1.54) is 6.07 Å². The predicted molar refractivity (Wildman–Crippen MR) is 91.7 cm³/mol. The lowest BCUT2D eigenvalue weighted by atomic mass is 9.99. The van der Waals surface area contributed by atoms with Gasteiger partial charge < -0.3 is 14.9 Å². The quantitative estimate of drug-likeness (QED) is 0.733. The number of rotatable bonds is 3. The van der Waals surface area contributed by atoms with E-state index < -0.39 is 11.7 Å². The zero-order valence-corrected chi connectivity index (χ0v) is 13.6. The van der Waals surface area contributed by atoms with Crippen molar-refractivity contribution < 1.29 is 13.9 Å². The maximum atomic E-state index is 12.3. The first kappa shape index (κ1) is 16.1. The van der Waals surface area contributed by atoms with E-state index in [0.717, 1.165) is 11.1 Å². The molecule has 0 aliphatic heterocycles. The van der Waals surface area contributed by atoms with Crippen molar-refractivity contribution in [1.82, 2.24) is 0 Å². The maximum Gasteiger partial charge on any atom is 0.410 e. The fourth-order valence-electron chi connectivity index (χ4n) is 2.58. The number of hydrogen-bond donors (Lipinski definition) is 1. The van der Waals surface area contributed by atoms with Gasteiger partial charge in [-0.15, -0.1) is 0 Å². The lowest BCUT2D eigenvalue weighted by Gasteiger charge is -2.10. The zero-order chi connectivity index (χ0) is 17.3. The maximum absolute atomic E-state index is 12.3. The fraction of sp³-hybridized carbons (Fsp3) is 0.111. The third-order valence-electron chi connectivity index (χ3n) is 3.77. The molecule has 0 radical (unpaired) electrons. The van der Waals surface area contributed by atoms with Gasteiger partial charge in [0.1, 0.15) is 5.58 Å². The van der Waals surface area contributed by atoms with Gasteiger partial charge in [0, 0.05) is 23.4 Å². The summed E-state index contributed by atoms with van der Waals surface area (Å²) in [5, 5.41) is 0.895. The number of fused-ring (bicyclic) bond motifs is 1. The molecule has 2 N–H and O–H groups in total. The number of primary amides is 1. The van der Waals surface area contributed by atoms with Gasteiger partial charge >= 0.3 is 11.7 Å². The summed E-state index contributed by atoms with van der Waals surface area (Å²) in [5.74, 6) is 0.0510. The van der Waals surface area contributed by atoms with Crippen molar-refractivity contribution in [1.29, 1.82) is 0 Å². The molecule has 24 heavy (non-hydrogen) atoms. The van der Waals surface area contributed by atoms with Gasteiger partial charge in [-0.05, 0) is 24.1 Å². The Bertz CT molecular complexity index is 980. The molecule has 0 atom stereocenters. The summed E-state index contributed by atoms with van der Waals surface area (Å²) in [4.78, 5) is 23.2. The molecule has 6 heteroatoms. The molecule has 3 aromatic rings. The minimum absolute atomic E-state index is 0.0510. The number of carbonyl (C=O) groups excluding carboxylic acids is 1. The topological polar surface area (TPSA) is 82.5 Å². The molecule has 1 heterocycles. The fourth-order valence-corrected chi connectivity index (χ4v) is 2.78. The van der Waals surface area contributed by atoms with E-state index in [4.69, 9.17) is 26.5 Å². The van der Waals surface area contributed by atoms with Gasteiger partial charge in [-0.3, -0.25) is 0 Å². The second-order valence-corrected chi connectivity index (χ2v) is 5.76. The summed E-state index contributed by atoms with van der Waals surface area (Å²) in [6.07, 6.45) is -0.529. The Labute approximate surface area is 142 Å². The lowest BCUT2D eigenvalue weighted by Crippen LogP contribution is -2.16. The van der Waals surface area contributed by atoms with Crippen molar-refractivity contribution in [2.45, 2.75) is 13.3 Å². The molecule has 0 aliphatic rings. The molecule has 122 valence electrons. The van der Waals surface area contributed by atoms with Gasteiger partial charge in [0.25, 0.3) is 0 Å². The summed E-state index contributed by atoms with van der Waals surface area (Å²) < 4.78 is 10.2. The highest BCUT2D eigenvalue weighted by atomic mass is 35.5. The van der Waals surface area contributed by atoms with Crippen LogP contribution < -0.4 is 16.1 Å². The second kappa shape index (κ2) is 6.37. The number of halogens is 1. The van der Waals surface area contributed by atoms with E-state index in [9.17, 15) is 9.59 Å². The molecule has 2 aromatic carbocycles. The van der Waals surface area contributed by atoms with Gasteiger partial charge in [0.2, 0.25) is 0 Å². The van der Waals surface area contributed by atoms with Gasteiger partial charge in [-0.2, -0.15) is 0 Å². The normalized spacial score (nSPS) is 10.8. The van der Waals surface area contributed by atoms with Crippen LogP contribution in [0.2, 0.25) is 5.02 Å². The molecule has 0 aliphatic carbocycles. The molecule has 3 rings (SSSR count). The van der Waals surface area contributed by atoms with Crippen LogP contribution in [0.25, 0.3) is 11.0 Å². The average molecular weight is 344 g/mol. The Kier molecular flexibility index (Phi) is 4.27. The zero-order valence-electron chi connectivity index (χ0n) is 12.8. The van der Waals surface area contributed by atoms with Crippen LogP contribution >= 0.6 is 11.6 Å². The largest absolute Gasteiger partial charge is 0.422 e. The number of aryl methyl sites for hydroxylation is 1. The summed E-state index contributed by atoms with van der Waals surface area (Å²) in [7, 11) is 0. The number of ether oxygens (including phenoxy) is 1. The van der Waals surface area contributed by atoms with E-state index in [1.54, 1.807) is 6.07 Å². The Balaban J connectivity index is 2.13. The van der Waals surface area contributed by atoms with Crippen molar-refractivity contribution in [3.8, 4) is 5.75 Å². The SMILES string of the molecule is Cc1c(Cc2ccccc2)c(=O)oc2cc(OC(N)=O)c(Cl)cc12. The van der Waals surface area contributed by atoms with Crippen LogP contribution in [0.3, 0.4) is 0 Å². The molecular formula is C18H14ClNO4. The van der Waals surface area contributed by atoms with Crippen molar-refractivity contribution in [3.63, 3.8) is 0 Å². The smallest absolute Gasteiger partial charge is 0.410 e. The van der Waals surface area contributed by atoms with Crippen LogP contribution in [0.1, 0.15) is 16.7 Å². The Morgan fingerprint density at radius 1 is 1.25 bits per heavy atom. The van der Waals surface area contributed by atoms with Crippen LogP contribution in [0.15, 0.2) is 51.7 Å². The van der Waals surface area contributed by atoms with Gasteiger partial charge in [-0.1, -0.05) is 41.9 Å². The molecule has 0 saturated carbocycles. The second-order valence-electron chi connectivity index (χ2n) is 5.36. The molecule has 0 unspecified atom stereocenters. The van der Waals surface area contributed by atoms with E-state index >= 15 is 0 Å². The Morgan fingerprint density at radius 2 is 1.96 bits per heavy atom. The molecule has 0 bridgehead atoms. The highest BCUT2D eigenvalue weighted by molar-refractivity contribution is 6.33. The van der Waals surface area contributed by atoms with Gasteiger partial charge in [-0.25, -0.2) is 9.59 Å². The number of benzene rings is 2.